The van der Waals surface area contributed by atoms with Gasteiger partial charge in [0.05, 0.1) is 15.6 Å². The lowest BCUT2D eigenvalue weighted by molar-refractivity contribution is -0.137. The van der Waals surface area contributed by atoms with E-state index in [1.54, 1.807) is 6.92 Å². The molecule has 1 aromatic carbocycles. The van der Waals surface area contributed by atoms with Crippen LogP contribution in [0.4, 0.5) is 18.0 Å². The number of rotatable bonds is 5. The SMILES string of the molecule is CCNC(=O)N/C(=C\C(=N)Oc1c(Cl)cc(C(F)(F)F)cc1Cl)C1CC1. The van der Waals surface area contributed by atoms with Crippen LogP contribution in [0.5, 0.6) is 5.75 Å². The van der Waals surface area contributed by atoms with Gasteiger partial charge in [0.15, 0.2) is 5.75 Å². The average molecular weight is 410 g/mol. The smallest absolute Gasteiger partial charge is 0.416 e. The maximum Gasteiger partial charge on any atom is 0.416 e. The minimum atomic E-state index is -4.60. The summed E-state index contributed by atoms with van der Waals surface area (Å²) in [5, 5.41) is 12.3. The van der Waals surface area contributed by atoms with Crippen molar-refractivity contribution < 1.29 is 22.7 Å². The van der Waals surface area contributed by atoms with Crippen molar-refractivity contribution in [2.45, 2.75) is 25.9 Å². The number of benzene rings is 1. The van der Waals surface area contributed by atoms with Gasteiger partial charge in [-0.2, -0.15) is 13.2 Å². The first kappa shape index (κ1) is 20.4. The van der Waals surface area contributed by atoms with Crippen LogP contribution in [0.3, 0.4) is 0 Å². The molecule has 1 saturated carbocycles. The van der Waals surface area contributed by atoms with Gasteiger partial charge in [-0.15, -0.1) is 0 Å². The van der Waals surface area contributed by atoms with E-state index in [2.05, 4.69) is 10.6 Å². The van der Waals surface area contributed by atoms with Gasteiger partial charge in [-0.1, -0.05) is 23.2 Å². The Hall–Kier alpha value is -1.93. The standard InChI is InChI=1S/C16H16Cl2F3N3O2/c1-2-23-15(25)24-12(8-3-4-8)7-13(22)26-14-10(17)5-9(6-11(14)18)16(19,20)21/h5-8,22H,2-4H2,1H3,(H2,23,24,25)/b12-7-,22-13?. The number of allylic oxidation sites excluding steroid dienone is 1. The first-order valence-corrected chi connectivity index (χ1v) is 8.46. The fourth-order valence-electron chi connectivity index (χ4n) is 2.09. The molecule has 10 heteroatoms. The van der Waals surface area contributed by atoms with Crippen molar-refractivity contribution in [3.8, 4) is 5.75 Å². The quantitative estimate of drug-likeness (QED) is 0.473. The molecule has 26 heavy (non-hydrogen) atoms. The first-order chi connectivity index (χ1) is 12.1. The monoisotopic (exact) mass is 409 g/mol. The summed E-state index contributed by atoms with van der Waals surface area (Å²) in [5.74, 6) is -0.567. The number of hydrogen-bond donors (Lipinski definition) is 3. The molecule has 1 aromatic rings. The van der Waals surface area contributed by atoms with Gasteiger partial charge in [-0.05, 0) is 37.8 Å². The van der Waals surface area contributed by atoms with E-state index in [4.69, 9.17) is 33.3 Å². The number of halogens is 5. The molecule has 0 heterocycles. The number of amides is 2. The summed E-state index contributed by atoms with van der Waals surface area (Å²) in [4.78, 5) is 11.6. The molecule has 2 amide bonds. The van der Waals surface area contributed by atoms with E-state index in [0.717, 1.165) is 12.8 Å². The molecule has 3 N–H and O–H groups in total. The van der Waals surface area contributed by atoms with E-state index >= 15 is 0 Å². The molecule has 1 aliphatic rings. The minimum absolute atomic E-state index is 0.0973. The molecule has 5 nitrogen and oxygen atoms in total. The fraction of sp³-hybridized carbons (Fsp3) is 0.375. The van der Waals surface area contributed by atoms with Gasteiger partial charge in [-0.3, -0.25) is 5.41 Å². The predicted octanol–water partition coefficient (Wildman–Crippen LogP) is 4.98. The third-order valence-corrected chi connectivity index (χ3v) is 4.00. The summed E-state index contributed by atoms with van der Waals surface area (Å²) in [5.41, 5.74) is -0.529. The van der Waals surface area contributed by atoms with Gasteiger partial charge in [0, 0.05) is 18.3 Å². The Kier molecular flexibility index (Phi) is 6.41. The Morgan fingerprint density at radius 2 is 1.92 bits per heavy atom. The first-order valence-electron chi connectivity index (χ1n) is 7.71. The highest BCUT2D eigenvalue weighted by Crippen LogP contribution is 2.40. The van der Waals surface area contributed by atoms with E-state index in [1.807, 2.05) is 0 Å². The van der Waals surface area contributed by atoms with Crippen LogP contribution in [0, 0.1) is 11.3 Å². The molecule has 0 spiro atoms. The molecular weight excluding hydrogens is 394 g/mol. The number of hydrogen-bond acceptors (Lipinski definition) is 3. The van der Waals surface area contributed by atoms with Crippen molar-refractivity contribution in [2.24, 2.45) is 5.92 Å². The lowest BCUT2D eigenvalue weighted by atomic mass is 10.2. The third kappa shape index (κ3) is 5.54. The highest BCUT2D eigenvalue weighted by molar-refractivity contribution is 6.37. The molecule has 0 saturated heterocycles. The molecule has 0 atom stereocenters. The maximum absolute atomic E-state index is 12.7. The average Bonchev–Trinajstić information content (AvgIpc) is 3.34. The lowest BCUT2D eigenvalue weighted by Gasteiger charge is -2.14. The number of carbonyl (C=O) groups excluding carboxylic acids is 1. The number of urea groups is 1. The zero-order valence-electron chi connectivity index (χ0n) is 13.6. The van der Waals surface area contributed by atoms with Crippen LogP contribution in [0.25, 0.3) is 0 Å². The van der Waals surface area contributed by atoms with E-state index < -0.39 is 23.7 Å². The van der Waals surface area contributed by atoms with Crippen LogP contribution >= 0.6 is 23.2 Å². The summed E-state index contributed by atoms with van der Waals surface area (Å²) in [7, 11) is 0. The molecular formula is C16H16Cl2F3N3O2. The van der Waals surface area contributed by atoms with Crippen molar-refractivity contribution in [3.63, 3.8) is 0 Å². The molecule has 2 rings (SSSR count). The summed E-state index contributed by atoms with van der Waals surface area (Å²) in [6.45, 7) is 2.20. The van der Waals surface area contributed by atoms with Gasteiger partial charge in [-0.25, -0.2) is 4.79 Å². The van der Waals surface area contributed by atoms with Gasteiger partial charge >= 0.3 is 12.2 Å². The van der Waals surface area contributed by atoms with Crippen molar-refractivity contribution in [2.75, 3.05) is 6.54 Å². The number of nitrogens with one attached hydrogen (secondary N) is 3. The molecule has 142 valence electrons. The van der Waals surface area contributed by atoms with Gasteiger partial charge in [0.25, 0.3) is 0 Å². The van der Waals surface area contributed by atoms with E-state index in [9.17, 15) is 18.0 Å². The molecule has 0 unspecified atom stereocenters. The Bertz CT molecular complexity index is 724. The minimum Gasteiger partial charge on any atom is -0.436 e. The second kappa shape index (κ2) is 8.18. The number of carbonyl (C=O) groups is 1. The predicted molar refractivity (Wildman–Crippen MR) is 92.8 cm³/mol. The van der Waals surface area contributed by atoms with E-state index in [0.29, 0.717) is 24.4 Å². The van der Waals surface area contributed by atoms with Crippen molar-refractivity contribution in [1.82, 2.24) is 10.6 Å². The summed E-state index contributed by atoms with van der Waals surface area (Å²) in [6, 6.07) is 0.937. The van der Waals surface area contributed by atoms with E-state index in [1.165, 1.54) is 6.08 Å². The van der Waals surface area contributed by atoms with Crippen molar-refractivity contribution in [3.05, 3.63) is 39.5 Å². The van der Waals surface area contributed by atoms with Gasteiger partial charge < -0.3 is 15.4 Å². The zero-order chi connectivity index (χ0) is 19.5. The summed E-state index contributed by atoms with van der Waals surface area (Å²) >= 11 is 11.6. The molecule has 0 aromatic heterocycles. The molecule has 0 bridgehead atoms. The zero-order valence-corrected chi connectivity index (χ0v) is 15.1. The molecule has 0 aliphatic heterocycles. The summed E-state index contributed by atoms with van der Waals surface area (Å²) < 4.78 is 43.4. The Morgan fingerprint density at radius 1 is 1.35 bits per heavy atom. The van der Waals surface area contributed by atoms with Crippen molar-refractivity contribution in [1.29, 1.82) is 5.41 Å². The van der Waals surface area contributed by atoms with Crippen LogP contribution in [0.2, 0.25) is 10.0 Å². The summed E-state index contributed by atoms with van der Waals surface area (Å²) in [6.07, 6.45) is -1.60. The molecule has 1 fully saturated rings. The van der Waals surface area contributed by atoms with Gasteiger partial charge in [0.1, 0.15) is 0 Å². The third-order valence-electron chi connectivity index (χ3n) is 3.44. The van der Waals surface area contributed by atoms with Crippen LogP contribution in [0.1, 0.15) is 25.3 Å². The Balaban J connectivity index is 2.16. The fourth-order valence-corrected chi connectivity index (χ4v) is 2.65. The largest absolute Gasteiger partial charge is 0.436 e. The highest BCUT2D eigenvalue weighted by Gasteiger charge is 2.32. The topological polar surface area (TPSA) is 74.2 Å². The van der Waals surface area contributed by atoms with Crippen LogP contribution in [0.15, 0.2) is 23.9 Å². The second-order valence-electron chi connectivity index (χ2n) is 5.59. The molecule has 1 aliphatic carbocycles. The van der Waals surface area contributed by atoms with Crippen LogP contribution < -0.4 is 15.4 Å². The lowest BCUT2D eigenvalue weighted by Crippen LogP contribution is -2.35. The second-order valence-corrected chi connectivity index (χ2v) is 6.41. The highest BCUT2D eigenvalue weighted by atomic mass is 35.5. The Labute approximate surface area is 158 Å². The molecule has 0 radical (unpaired) electrons. The van der Waals surface area contributed by atoms with Gasteiger partial charge in [0.2, 0.25) is 5.90 Å². The van der Waals surface area contributed by atoms with Crippen LogP contribution in [-0.2, 0) is 6.18 Å². The van der Waals surface area contributed by atoms with Crippen molar-refractivity contribution >= 4 is 35.1 Å². The maximum atomic E-state index is 12.7. The normalized spacial score (nSPS) is 14.8. The number of alkyl halides is 3. The Morgan fingerprint density at radius 3 is 2.38 bits per heavy atom. The van der Waals surface area contributed by atoms with E-state index in [-0.39, 0.29) is 21.7 Å². The number of ether oxygens (including phenoxy) is 1. The van der Waals surface area contributed by atoms with Crippen LogP contribution in [-0.4, -0.2) is 18.5 Å².